The molecule has 0 aromatic carbocycles. The predicted molar refractivity (Wildman–Crippen MR) is 67.0 cm³/mol. The Morgan fingerprint density at radius 2 is 2.47 bits per heavy atom. The van der Waals surface area contributed by atoms with Crippen LogP contribution >= 0.6 is 11.3 Å². The van der Waals surface area contributed by atoms with Crippen molar-refractivity contribution in [1.29, 1.82) is 0 Å². The number of amides is 1. The van der Waals surface area contributed by atoms with Gasteiger partial charge in [0.25, 0.3) is 0 Å². The van der Waals surface area contributed by atoms with Crippen LogP contribution in [0.4, 0.5) is 5.13 Å². The predicted octanol–water partition coefficient (Wildman–Crippen LogP) is 0.746. The molecular weight excluding hydrogens is 238 g/mol. The second-order valence-corrected chi connectivity index (χ2v) is 5.29. The van der Waals surface area contributed by atoms with Crippen LogP contribution in [0.25, 0.3) is 0 Å². The van der Waals surface area contributed by atoms with E-state index < -0.39 is 0 Å². The van der Waals surface area contributed by atoms with Gasteiger partial charge in [-0.1, -0.05) is 0 Å². The zero-order valence-electron chi connectivity index (χ0n) is 9.82. The van der Waals surface area contributed by atoms with Crippen molar-refractivity contribution in [2.75, 3.05) is 19.1 Å². The molecule has 94 valence electrons. The van der Waals surface area contributed by atoms with Gasteiger partial charge in [0.15, 0.2) is 5.13 Å². The molecule has 0 saturated heterocycles. The molecule has 1 heterocycles. The number of carbonyl (C=O) groups excluding carboxylic acids is 1. The summed E-state index contributed by atoms with van der Waals surface area (Å²) in [5.41, 5.74) is 1.12. The average Bonchev–Trinajstić information content (AvgIpc) is 2.71. The van der Waals surface area contributed by atoms with Crippen molar-refractivity contribution >= 4 is 22.4 Å². The highest BCUT2D eigenvalue weighted by atomic mass is 32.1. The fourth-order valence-electron chi connectivity index (χ4n) is 2.12. The highest BCUT2D eigenvalue weighted by Crippen LogP contribution is 2.33. The minimum absolute atomic E-state index is 0.0892. The zero-order chi connectivity index (χ0) is 12.3. The molecule has 0 spiro atoms. The second-order valence-electron chi connectivity index (χ2n) is 4.21. The van der Waals surface area contributed by atoms with Crippen LogP contribution in [0.2, 0.25) is 0 Å². The maximum Gasteiger partial charge on any atom is 0.220 e. The standard InChI is InChI=1S/C11H17N3O2S/c1-12-10(16)5-7-2-3-8-9(4-7)17-11(14-8)13-6-15/h7,15H,2-6H2,1H3,(H,12,16)(H,13,14)/t7-/m1/s1. The molecule has 5 nitrogen and oxygen atoms in total. The summed E-state index contributed by atoms with van der Waals surface area (Å²) >= 11 is 1.58. The van der Waals surface area contributed by atoms with Gasteiger partial charge in [0.05, 0.1) is 5.69 Å². The average molecular weight is 255 g/mol. The number of aliphatic hydroxyl groups excluding tert-OH is 1. The molecule has 3 N–H and O–H groups in total. The Hall–Kier alpha value is -1.14. The lowest BCUT2D eigenvalue weighted by molar-refractivity contribution is -0.121. The van der Waals surface area contributed by atoms with Crippen LogP contribution in [0.3, 0.4) is 0 Å². The zero-order valence-corrected chi connectivity index (χ0v) is 10.6. The summed E-state index contributed by atoms with van der Waals surface area (Å²) in [6.07, 6.45) is 3.47. The van der Waals surface area contributed by atoms with Crippen LogP contribution in [0, 0.1) is 5.92 Å². The number of carbonyl (C=O) groups is 1. The van der Waals surface area contributed by atoms with Crippen molar-refractivity contribution in [3.63, 3.8) is 0 Å². The lowest BCUT2D eigenvalue weighted by Gasteiger charge is -2.19. The van der Waals surface area contributed by atoms with Gasteiger partial charge in [0.1, 0.15) is 6.73 Å². The van der Waals surface area contributed by atoms with Crippen LogP contribution in [-0.4, -0.2) is 29.8 Å². The lowest BCUT2D eigenvalue weighted by atomic mass is 9.88. The van der Waals surface area contributed by atoms with E-state index in [1.54, 1.807) is 18.4 Å². The number of aromatic nitrogens is 1. The molecule has 17 heavy (non-hydrogen) atoms. The summed E-state index contributed by atoms with van der Waals surface area (Å²) < 4.78 is 0. The van der Waals surface area contributed by atoms with Gasteiger partial charge in [-0.3, -0.25) is 4.79 Å². The maximum atomic E-state index is 11.3. The Morgan fingerprint density at radius 3 is 3.18 bits per heavy atom. The number of nitrogens with zero attached hydrogens (tertiary/aromatic N) is 1. The van der Waals surface area contributed by atoms with E-state index in [0.29, 0.717) is 12.3 Å². The molecule has 1 amide bonds. The van der Waals surface area contributed by atoms with Gasteiger partial charge >= 0.3 is 0 Å². The SMILES string of the molecule is CNC(=O)C[C@@H]1CCc2nc(NCO)sc2C1. The Kier molecular flexibility index (Phi) is 3.96. The number of hydrogen-bond acceptors (Lipinski definition) is 5. The third kappa shape index (κ3) is 2.95. The summed E-state index contributed by atoms with van der Waals surface area (Å²) in [6.45, 7) is -0.0892. The Balaban J connectivity index is 2.00. The van der Waals surface area contributed by atoms with Gasteiger partial charge in [-0.2, -0.15) is 0 Å². The number of anilines is 1. The van der Waals surface area contributed by atoms with Gasteiger partial charge in [-0.15, -0.1) is 11.3 Å². The van der Waals surface area contributed by atoms with Gasteiger partial charge < -0.3 is 15.7 Å². The van der Waals surface area contributed by atoms with Crippen molar-refractivity contribution in [2.24, 2.45) is 5.92 Å². The van der Waals surface area contributed by atoms with Crippen LogP contribution < -0.4 is 10.6 Å². The fourth-order valence-corrected chi connectivity index (χ4v) is 3.24. The molecule has 0 radical (unpaired) electrons. The molecule has 1 aromatic rings. The lowest BCUT2D eigenvalue weighted by Crippen LogP contribution is -2.24. The monoisotopic (exact) mass is 255 g/mol. The summed E-state index contributed by atoms with van der Waals surface area (Å²) in [5, 5.41) is 15.0. The van der Waals surface area contributed by atoms with Crippen molar-refractivity contribution in [3.05, 3.63) is 10.6 Å². The maximum absolute atomic E-state index is 11.3. The van der Waals surface area contributed by atoms with Crippen LogP contribution in [0.5, 0.6) is 0 Å². The minimum atomic E-state index is -0.0892. The summed E-state index contributed by atoms with van der Waals surface area (Å²) in [7, 11) is 1.67. The molecule has 1 aliphatic carbocycles. The molecule has 0 saturated carbocycles. The number of fused-ring (bicyclic) bond motifs is 1. The van der Waals surface area contributed by atoms with E-state index in [0.717, 1.165) is 30.1 Å². The number of aliphatic hydroxyl groups is 1. The van der Waals surface area contributed by atoms with E-state index in [9.17, 15) is 4.79 Å². The fraction of sp³-hybridized carbons (Fsp3) is 0.636. The molecule has 0 fully saturated rings. The summed E-state index contributed by atoms with van der Waals surface area (Å²) in [4.78, 5) is 17.0. The smallest absolute Gasteiger partial charge is 0.220 e. The van der Waals surface area contributed by atoms with E-state index in [1.807, 2.05) is 0 Å². The highest BCUT2D eigenvalue weighted by molar-refractivity contribution is 7.15. The molecule has 1 aromatic heterocycles. The Morgan fingerprint density at radius 1 is 1.65 bits per heavy atom. The molecule has 0 bridgehead atoms. The highest BCUT2D eigenvalue weighted by Gasteiger charge is 2.23. The van der Waals surface area contributed by atoms with Gasteiger partial charge in [0, 0.05) is 18.3 Å². The quantitative estimate of drug-likeness (QED) is 0.694. The molecular formula is C11H17N3O2S. The van der Waals surface area contributed by atoms with Crippen molar-refractivity contribution < 1.29 is 9.90 Å². The van der Waals surface area contributed by atoms with Crippen LogP contribution in [0.15, 0.2) is 0 Å². The van der Waals surface area contributed by atoms with Crippen LogP contribution in [-0.2, 0) is 17.6 Å². The first-order valence-corrected chi connectivity index (χ1v) is 6.58. The van der Waals surface area contributed by atoms with E-state index >= 15 is 0 Å². The summed E-state index contributed by atoms with van der Waals surface area (Å²) in [6, 6.07) is 0. The largest absolute Gasteiger partial charge is 0.377 e. The van der Waals surface area contributed by atoms with Gasteiger partial charge in [-0.25, -0.2) is 4.98 Å². The van der Waals surface area contributed by atoms with Crippen molar-refractivity contribution in [3.8, 4) is 0 Å². The minimum Gasteiger partial charge on any atom is -0.377 e. The first kappa shape index (κ1) is 12.3. The van der Waals surface area contributed by atoms with Crippen molar-refractivity contribution in [1.82, 2.24) is 10.3 Å². The molecule has 0 aliphatic heterocycles. The second kappa shape index (κ2) is 5.46. The van der Waals surface area contributed by atoms with Crippen LogP contribution in [0.1, 0.15) is 23.4 Å². The van der Waals surface area contributed by atoms with E-state index in [-0.39, 0.29) is 12.6 Å². The first-order chi connectivity index (χ1) is 8.22. The third-order valence-electron chi connectivity index (χ3n) is 3.02. The van der Waals surface area contributed by atoms with Gasteiger partial charge in [0.2, 0.25) is 5.91 Å². The molecule has 1 atom stereocenters. The first-order valence-electron chi connectivity index (χ1n) is 5.76. The third-order valence-corrected chi connectivity index (χ3v) is 4.10. The molecule has 2 rings (SSSR count). The molecule has 6 heteroatoms. The summed E-state index contributed by atoms with van der Waals surface area (Å²) in [5.74, 6) is 0.529. The number of nitrogens with one attached hydrogen (secondary N) is 2. The van der Waals surface area contributed by atoms with E-state index in [4.69, 9.17) is 5.11 Å². The molecule has 1 aliphatic rings. The number of aryl methyl sites for hydroxylation is 1. The van der Waals surface area contributed by atoms with E-state index in [1.165, 1.54) is 4.88 Å². The number of thiazole rings is 1. The van der Waals surface area contributed by atoms with E-state index in [2.05, 4.69) is 15.6 Å². The topological polar surface area (TPSA) is 74.2 Å². The number of hydrogen-bond donors (Lipinski definition) is 3. The van der Waals surface area contributed by atoms with Gasteiger partial charge in [-0.05, 0) is 25.2 Å². The normalized spacial score (nSPS) is 18.6. The Labute approximate surface area is 104 Å². The Bertz CT molecular complexity index is 405. The molecule has 0 unspecified atom stereocenters. The number of rotatable bonds is 4. The van der Waals surface area contributed by atoms with Crippen molar-refractivity contribution in [2.45, 2.75) is 25.7 Å².